The van der Waals surface area contributed by atoms with Gasteiger partial charge >= 0.3 is 0 Å². The fourth-order valence-corrected chi connectivity index (χ4v) is 5.72. The number of rotatable bonds is 12. The van der Waals surface area contributed by atoms with Gasteiger partial charge in [0.05, 0.1) is 10.6 Å². The standard InChI is InChI=1S/C30H36ClN3O4S/c1-22(2)20-32-30(36)24(4)33(19-18-25-11-6-5-7-12-25)29(35)21-34(28-13-9-8-10-23(28)3)39(37,38)27-16-14-26(31)15-17-27/h5-17,22,24H,18-21H2,1-4H3,(H,32,36)/t24-/m1/s1. The Kier molecular flexibility index (Phi) is 10.5. The Balaban J connectivity index is 1.97. The van der Waals surface area contributed by atoms with Crippen molar-refractivity contribution >= 4 is 39.1 Å². The van der Waals surface area contributed by atoms with Crippen LogP contribution < -0.4 is 9.62 Å². The van der Waals surface area contributed by atoms with E-state index < -0.39 is 28.5 Å². The van der Waals surface area contributed by atoms with Crippen molar-refractivity contribution in [3.63, 3.8) is 0 Å². The number of nitrogens with one attached hydrogen (secondary N) is 1. The lowest BCUT2D eigenvalue weighted by Crippen LogP contribution is -2.52. The fraction of sp³-hybridized carbons (Fsp3) is 0.333. The predicted molar refractivity (Wildman–Crippen MR) is 156 cm³/mol. The van der Waals surface area contributed by atoms with Crippen molar-refractivity contribution in [1.82, 2.24) is 10.2 Å². The molecule has 0 spiro atoms. The predicted octanol–water partition coefficient (Wildman–Crippen LogP) is 5.08. The summed E-state index contributed by atoms with van der Waals surface area (Å²) in [6, 6.07) is 21.7. The number of amides is 2. The monoisotopic (exact) mass is 569 g/mol. The summed E-state index contributed by atoms with van der Waals surface area (Å²) in [4.78, 5) is 28.4. The molecule has 0 aliphatic heterocycles. The summed E-state index contributed by atoms with van der Waals surface area (Å²) < 4.78 is 28.8. The van der Waals surface area contributed by atoms with Crippen LogP contribution in [0.15, 0.2) is 83.8 Å². The molecule has 0 fully saturated rings. The van der Waals surface area contributed by atoms with E-state index in [9.17, 15) is 18.0 Å². The highest BCUT2D eigenvalue weighted by Gasteiger charge is 2.32. The lowest BCUT2D eigenvalue weighted by Gasteiger charge is -2.32. The first-order valence-corrected chi connectivity index (χ1v) is 14.8. The van der Waals surface area contributed by atoms with Crippen LogP contribution in [0.2, 0.25) is 5.02 Å². The molecule has 1 N–H and O–H groups in total. The lowest BCUT2D eigenvalue weighted by atomic mass is 10.1. The Morgan fingerprint density at radius 1 is 0.897 bits per heavy atom. The van der Waals surface area contributed by atoms with E-state index in [4.69, 9.17) is 11.6 Å². The minimum Gasteiger partial charge on any atom is -0.354 e. The number of hydrogen-bond donors (Lipinski definition) is 1. The summed E-state index contributed by atoms with van der Waals surface area (Å²) in [5, 5.41) is 3.30. The maximum atomic E-state index is 13.9. The quantitative estimate of drug-likeness (QED) is 0.330. The van der Waals surface area contributed by atoms with Gasteiger partial charge in [-0.25, -0.2) is 8.42 Å². The number of nitrogens with zero attached hydrogens (tertiary/aromatic N) is 2. The molecule has 0 bridgehead atoms. The van der Waals surface area contributed by atoms with E-state index in [1.54, 1.807) is 38.1 Å². The molecule has 3 aromatic rings. The highest BCUT2D eigenvalue weighted by molar-refractivity contribution is 7.92. The minimum atomic E-state index is -4.13. The second kappa shape index (κ2) is 13.6. The molecule has 0 aliphatic carbocycles. The molecule has 208 valence electrons. The van der Waals surface area contributed by atoms with Gasteiger partial charge in [-0.1, -0.05) is 74.0 Å². The zero-order valence-electron chi connectivity index (χ0n) is 22.8. The average molecular weight is 570 g/mol. The molecule has 1 atom stereocenters. The number of sulfonamides is 1. The van der Waals surface area contributed by atoms with Crippen LogP contribution in [0.4, 0.5) is 5.69 Å². The van der Waals surface area contributed by atoms with Crippen molar-refractivity contribution in [1.29, 1.82) is 0 Å². The Hall–Kier alpha value is -3.36. The number of carbonyl (C=O) groups is 2. The maximum absolute atomic E-state index is 13.9. The van der Waals surface area contributed by atoms with Gasteiger partial charge in [0, 0.05) is 18.1 Å². The summed E-state index contributed by atoms with van der Waals surface area (Å²) in [7, 11) is -4.13. The summed E-state index contributed by atoms with van der Waals surface area (Å²) in [6.07, 6.45) is 0.517. The van der Waals surface area contributed by atoms with Crippen molar-refractivity contribution in [2.24, 2.45) is 5.92 Å². The van der Waals surface area contributed by atoms with Gasteiger partial charge in [-0.2, -0.15) is 0 Å². The van der Waals surface area contributed by atoms with E-state index in [-0.39, 0.29) is 23.3 Å². The molecule has 39 heavy (non-hydrogen) atoms. The van der Waals surface area contributed by atoms with E-state index in [0.717, 1.165) is 9.87 Å². The Morgan fingerprint density at radius 2 is 1.51 bits per heavy atom. The second-order valence-electron chi connectivity index (χ2n) is 9.89. The number of anilines is 1. The summed E-state index contributed by atoms with van der Waals surface area (Å²) >= 11 is 6.00. The third-order valence-electron chi connectivity index (χ3n) is 6.40. The Labute approximate surface area is 236 Å². The number of carbonyl (C=O) groups excluding carboxylic acids is 2. The lowest BCUT2D eigenvalue weighted by molar-refractivity contribution is -0.138. The SMILES string of the molecule is Cc1ccccc1N(CC(=O)N(CCc1ccccc1)[C@H](C)C(=O)NCC(C)C)S(=O)(=O)c1ccc(Cl)cc1. The number of aryl methyl sites for hydroxylation is 1. The number of halogens is 1. The molecular weight excluding hydrogens is 534 g/mol. The van der Waals surface area contributed by atoms with E-state index in [0.29, 0.717) is 29.2 Å². The summed E-state index contributed by atoms with van der Waals surface area (Å²) in [5.41, 5.74) is 2.09. The van der Waals surface area contributed by atoms with Gasteiger partial charge in [-0.15, -0.1) is 0 Å². The normalized spacial score (nSPS) is 12.2. The van der Waals surface area contributed by atoms with Crippen molar-refractivity contribution in [2.75, 3.05) is 23.9 Å². The van der Waals surface area contributed by atoms with E-state index in [2.05, 4.69) is 5.32 Å². The average Bonchev–Trinajstić information content (AvgIpc) is 2.91. The molecule has 3 rings (SSSR count). The Morgan fingerprint density at radius 3 is 2.13 bits per heavy atom. The third-order valence-corrected chi connectivity index (χ3v) is 8.43. The molecule has 0 aliphatic rings. The van der Waals surface area contributed by atoms with Gasteiger partial charge in [-0.3, -0.25) is 13.9 Å². The molecule has 3 aromatic carbocycles. The first kappa shape index (κ1) is 30.2. The van der Waals surface area contributed by atoms with Crippen LogP contribution in [-0.2, 0) is 26.0 Å². The topological polar surface area (TPSA) is 86.8 Å². The highest BCUT2D eigenvalue weighted by atomic mass is 35.5. The van der Waals surface area contributed by atoms with Crippen molar-refractivity contribution in [2.45, 2.75) is 45.1 Å². The number of hydrogen-bond acceptors (Lipinski definition) is 4. The third kappa shape index (κ3) is 8.07. The summed E-state index contributed by atoms with van der Waals surface area (Å²) in [5.74, 6) is -0.511. The zero-order valence-corrected chi connectivity index (χ0v) is 24.4. The maximum Gasteiger partial charge on any atom is 0.264 e. The van der Waals surface area contributed by atoms with Gasteiger partial charge < -0.3 is 10.2 Å². The number of benzene rings is 3. The Bertz CT molecular complexity index is 1360. The molecule has 0 saturated heterocycles. The fourth-order valence-electron chi connectivity index (χ4n) is 4.11. The summed E-state index contributed by atoms with van der Waals surface area (Å²) in [6.45, 7) is 7.71. The van der Waals surface area contributed by atoms with Crippen LogP contribution in [0.1, 0.15) is 31.9 Å². The van der Waals surface area contributed by atoms with E-state index in [1.807, 2.05) is 44.2 Å². The van der Waals surface area contributed by atoms with Gasteiger partial charge in [0.25, 0.3) is 10.0 Å². The number of para-hydroxylation sites is 1. The van der Waals surface area contributed by atoms with Gasteiger partial charge in [0.2, 0.25) is 11.8 Å². The molecule has 0 heterocycles. The molecule has 0 saturated carbocycles. The molecule has 0 unspecified atom stereocenters. The minimum absolute atomic E-state index is 0.0153. The largest absolute Gasteiger partial charge is 0.354 e. The van der Waals surface area contributed by atoms with Gasteiger partial charge in [-0.05, 0) is 67.6 Å². The van der Waals surface area contributed by atoms with Crippen LogP contribution in [0.25, 0.3) is 0 Å². The first-order chi connectivity index (χ1) is 18.5. The van der Waals surface area contributed by atoms with Gasteiger partial charge in [0.1, 0.15) is 12.6 Å². The van der Waals surface area contributed by atoms with E-state index >= 15 is 0 Å². The van der Waals surface area contributed by atoms with Crippen molar-refractivity contribution in [3.05, 3.63) is 95.0 Å². The highest BCUT2D eigenvalue weighted by Crippen LogP contribution is 2.28. The zero-order chi connectivity index (χ0) is 28.6. The first-order valence-electron chi connectivity index (χ1n) is 13.0. The smallest absolute Gasteiger partial charge is 0.264 e. The van der Waals surface area contributed by atoms with Crippen LogP contribution in [0.5, 0.6) is 0 Å². The van der Waals surface area contributed by atoms with Crippen molar-refractivity contribution < 1.29 is 18.0 Å². The molecule has 0 aromatic heterocycles. The van der Waals surface area contributed by atoms with Crippen molar-refractivity contribution in [3.8, 4) is 0 Å². The van der Waals surface area contributed by atoms with E-state index in [1.165, 1.54) is 29.2 Å². The van der Waals surface area contributed by atoms with Crippen LogP contribution >= 0.6 is 11.6 Å². The molecule has 7 nitrogen and oxygen atoms in total. The molecule has 9 heteroatoms. The molecule has 2 amide bonds. The van der Waals surface area contributed by atoms with Crippen LogP contribution in [0, 0.1) is 12.8 Å². The molecular formula is C30H36ClN3O4S. The molecule has 0 radical (unpaired) electrons. The second-order valence-corrected chi connectivity index (χ2v) is 12.2. The van der Waals surface area contributed by atoms with Crippen LogP contribution in [-0.4, -0.2) is 50.8 Å². The van der Waals surface area contributed by atoms with Crippen LogP contribution in [0.3, 0.4) is 0 Å². The van der Waals surface area contributed by atoms with Gasteiger partial charge in [0.15, 0.2) is 0 Å².